The molecular formula is C15H21FN2. The van der Waals surface area contributed by atoms with E-state index in [1.54, 1.807) is 12.1 Å². The van der Waals surface area contributed by atoms with Crippen LogP contribution in [-0.4, -0.2) is 48.6 Å². The van der Waals surface area contributed by atoms with Crippen molar-refractivity contribution in [2.45, 2.75) is 25.3 Å². The summed E-state index contributed by atoms with van der Waals surface area (Å²) in [6, 6.07) is 7.91. The van der Waals surface area contributed by atoms with Gasteiger partial charge in [-0.3, -0.25) is 4.90 Å². The maximum Gasteiger partial charge on any atom is 0.126 e. The van der Waals surface area contributed by atoms with Gasteiger partial charge in [-0.05, 0) is 37.4 Å². The molecule has 1 atom stereocenters. The second-order valence-electron chi connectivity index (χ2n) is 5.47. The smallest absolute Gasteiger partial charge is 0.126 e. The molecule has 98 valence electrons. The summed E-state index contributed by atoms with van der Waals surface area (Å²) in [4.78, 5) is 5.11. The van der Waals surface area contributed by atoms with E-state index in [-0.39, 0.29) is 5.82 Å². The van der Waals surface area contributed by atoms with E-state index in [2.05, 4.69) is 9.80 Å². The molecule has 0 bridgehead atoms. The Bertz CT molecular complexity index is 407. The number of nitrogens with zero attached hydrogens (tertiary/aromatic N) is 2. The van der Waals surface area contributed by atoms with Gasteiger partial charge in [-0.1, -0.05) is 18.2 Å². The third-order valence-corrected chi connectivity index (χ3v) is 4.33. The van der Waals surface area contributed by atoms with Crippen molar-refractivity contribution in [3.8, 4) is 0 Å². The molecule has 0 spiro atoms. The lowest BCUT2D eigenvalue weighted by atomic mass is 10.1. The number of benzene rings is 1. The van der Waals surface area contributed by atoms with Gasteiger partial charge in [0.2, 0.25) is 0 Å². The molecule has 1 aromatic carbocycles. The van der Waals surface area contributed by atoms with Gasteiger partial charge in [-0.25, -0.2) is 4.39 Å². The van der Waals surface area contributed by atoms with Crippen LogP contribution in [0.2, 0.25) is 0 Å². The summed E-state index contributed by atoms with van der Waals surface area (Å²) >= 11 is 0. The van der Waals surface area contributed by atoms with Crippen molar-refractivity contribution in [3.63, 3.8) is 0 Å². The van der Waals surface area contributed by atoms with E-state index in [0.717, 1.165) is 31.1 Å². The topological polar surface area (TPSA) is 6.48 Å². The summed E-state index contributed by atoms with van der Waals surface area (Å²) in [5.41, 5.74) is 0.853. The van der Waals surface area contributed by atoms with Crippen molar-refractivity contribution in [1.82, 2.24) is 9.80 Å². The second-order valence-corrected chi connectivity index (χ2v) is 5.47. The first-order valence-electron chi connectivity index (χ1n) is 7.03. The number of hydrogen-bond donors (Lipinski definition) is 0. The molecule has 2 aliphatic rings. The number of halogens is 1. The molecule has 2 fully saturated rings. The first-order chi connectivity index (χ1) is 8.83. The Kier molecular flexibility index (Phi) is 3.62. The van der Waals surface area contributed by atoms with Gasteiger partial charge in [-0.2, -0.15) is 0 Å². The van der Waals surface area contributed by atoms with Crippen molar-refractivity contribution in [2.75, 3.05) is 32.7 Å². The van der Waals surface area contributed by atoms with E-state index in [4.69, 9.17) is 0 Å². The molecule has 2 saturated heterocycles. The first-order valence-corrected chi connectivity index (χ1v) is 7.03. The maximum absolute atomic E-state index is 13.5. The fourth-order valence-electron chi connectivity index (χ4n) is 3.24. The van der Waals surface area contributed by atoms with Crippen LogP contribution in [0.1, 0.15) is 18.4 Å². The number of rotatable bonds is 3. The van der Waals surface area contributed by atoms with Crippen LogP contribution in [0.4, 0.5) is 4.39 Å². The molecule has 0 aromatic heterocycles. The number of fused-ring (bicyclic) bond motifs is 1. The van der Waals surface area contributed by atoms with Gasteiger partial charge in [0.05, 0.1) is 0 Å². The molecule has 2 heterocycles. The molecule has 0 radical (unpaired) electrons. The molecule has 18 heavy (non-hydrogen) atoms. The highest BCUT2D eigenvalue weighted by atomic mass is 19.1. The van der Waals surface area contributed by atoms with E-state index in [1.165, 1.54) is 32.5 Å². The van der Waals surface area contributed by atoms with E-state index >= 15 is 0 Å². The molecule has 3 rings (SSSR count). The van der Waals surface area contributed by atoms with E-state index in [0.29, 0.717) is 0 Å². The number of hydrogen-bond acceptors (Lipinski definition) is 2. The fourth-order valence-corrected chi connectivity index (χ4v) is 3.24. The summed E-state index contributed by atoms with van der Waals surface area (Å²) < 4.78 is 13.5. The lowest BCUT2D eigenvalue weighted by molar-refractivity contribution is 0.105. The molecule has 0 saturated carbocycles. The van der Waals surface area contributed by atoms with Gasteiger partial charge < -0.3 is 4.90 Å². The summed E-state index contributed by atoms with van der Waals surface area (Å²) in [5.74, 6) is -0.0583. The van der Waals surface area contributed by atoms with Crippen LogP contribution in [0.15, 0.2) is 24.3 Å². The zero-order chi connectivity index (χ0) is 12.4. The fraction of sp³-hybridized carbons (Fsp3) is 0.600. The minimum Gasteiger partial charge on any atom is -0.300 e. The van der Waals surface area contributed by atoms with Gasteiger partial charge in [0, 0.05) is 32.2 Å². The van der Waals surface area contributed by atoms with E-state index < -0.39 is 0 Å². The van der Waals surface area contributed by atoms with Crippen LogP contribution in [0, 0.1) is 5.82 Å². The van der Waals surface area contributed by atoms with Crippen molar-refractivity contribution < 1.29 is 4.39 Å². The molecule has 0 aliphatic carbocycles. The Hall–Kier alpha value is -0.930. The number of piperazine rings is 1. The van der Waals surface area contributed by atoms with Crippen LogP contribution in [0.25, 0.3) is 0 Å². The molecule has 0 N–H and O–H groups in total. The van der Waals surface area contributed by atoms with E-state index in [1.807, 2.05) is 12.1 Å². The summed E-state index contributed by atoms with van der Waals surface area (Å²) in [6.45, 7) is 5.79. The SMILES string of the molecule is Fc1ccccc1CCN1CCN2CCCC2C1. The van der Waals surface area contributed by atoms with Crippen LogP contribution in [-0.2, 0) is 6.42 Å². The lowest BCUT2D eigenvalue weighted by Gasteiger charge is -2.37. The van der Waals surface area contributed by atoms with Crippen LogP contribution < -0.4 is 0 Å². The third kappa shape index (κ3) is 2.57. The highest BCUT2D eigenvalue weighted by Gasteiger charge is 2.30. The molecule has 0 amide bonds. The largest absolute Gasteiger partial charge is 0.300 e. The normalized spacial score (nSPS) is 25.3. The quantitative estimate of drug-likeness (QED) is 0.808. The van der Waals surface area contributed by atoms with Gasteiger partial charge >= 0.3 is 0 Å². The Morgan fingerprint density at radius 2 is 2.06 bits per heavy atom. The highest BCUT2D eigenvalue weighted by Crippen LogP contribution is 2.21. The Balaban J connectivity index is 1.53. The standard InChI is InChI=1S/C15H21FN2/c16-15-6-2-1-4-13(15)7-9-17-10-11-18-8-3-5-14(18)12-17/h1-2,4,6,14H,3,5,7-12H2. The average molecular weight is 248 g/mol. The Labute approximate surface area is 108 Å². The van der Waals surface area contributed by atoms with Gasteiger partial charge in [0.1, 0.15) is 5.82 Å². The zero-order valence-corrected chi connectivity index (χ0v) is 10.8. The van der Waals surface area contributed by atoms with Crippen molar-refractivity contribution in [1.29, 1.82) is 0 Å². The molecular weight excluding hydrogens is 227 g/mol. The Morgan fingerprint density at radius 3 is 2.94 bits per heavy atom. The van der Waals surface area contributed by atoms with Crippen molar-refractivity contribution in [3.05, 3.63) is 35.6 Å². The zero-order valence-electron chi connectivity index (χ0n) is 10.8. The first kappa shape index (κ1) is 12.1. The summed E-state index contributed by atoms with van der Waals surface area (Å²) in [6.07, 6.45) is 3.53. The summed E-state index contributed by atoms with van der Waals surface area (Å²) in [7, 11) is 0. The predicted molar refractivity (Wildman–Crippen MR) is 71.1 cm³/mol. The molecule has 2 nitrogen and oxygen atoms in total. The van der Waals surface area contributed by atoms with E-state index in [9.17, 15) is 4.39 Å². The molecule has 1 unspecified atom stereocenters. The van der Waals surface area contributed by atoms with Gasteiger partial charge in [0.15, 0.2) is 0 Å². The van der Waals surface area contributed by atoms with Crippen LogP contribution in [0.5, 0.6) is 0 Å². The summed E-state index contributed by atoms with van der Waals surface area (Å²) in [5, 5.41) is 0. The predicted octanol–water partition coefficient (Wildman–Crippen LogP) is 2.15. The minimum absolute atomic E-state index is 0.0583. The van der Waals surface area contributed by atoms with Crippen molar-refractivity contribution in [2.24, 2.45) is 0 Å². The average Bonchev–Trinajstić information content (AvgIpc) is 2.85. The minimum atomic E-state index is -0.0583. The second kappa shape index (κ2) is 5.37. The Morgan fingerprint density at radius 1 is 1.17 bits per heavy atom. The molecule has 1 aromatic rings. The lowest BCUT2D eigenvalue weighted by Crippen LogP contribution is -2.50. The van der Waals surface area contributed by atoms with Crippen LogP contribution >= 0.6 is 0 Å². The monoisotopic (exact) mass is 248 g/mol. The molecule has 2 aliphatic heterocycles. The van der Waals surface area contributed by atoms with Gasteiger partial charge in [-0.15, -0.1) is 0 Å². The molecule has 3 heteroatoms. The third-order valence-electron chi connectivity index (χ3n) is 4.33. The van der Waals surface area contributed by atoms with Crippen LogP contribution in [0.3, 0.4) is 0 Å². The van der Waals surface area contributed by atoms with Gasteiger partial charge in [0.25, 0.3) is 0 Å². The maximum atomic E-state index is 13.5. The highest BCUT2D eigenvalue weighted by molar-refractivity contribution is 5.17. The van der Waals surface area contributed by atoms with Crippen molar-refractivity contribution >= 4 is 0 Å².